The van der Waals surface area contributed by atoms with E-state index in [-0.39, 0.29) is 0 Å². The van der Waals surface area contributed by atoms with Gasteiger partial charge in [-0.3, -0.25) is 24.4 Å². The average molecular weight is 461 g/mol. The Bertz CT molecular complexity index is 965. The topological polar surface area (TPSA) is 114 Å². The number of nitrogens with zero attached hydrogens (tertiary/aromatic N) is 2. The van der Waals surface area contributed by atoms with Gasteiger partial charge in [-0.2, -0.15) is 0 Å². The Kier molecular flexibility index (Phi) is 7.68. The third kappa shape index (κ3) is 6.19. The van der Waals surface area contributed by atoms with Crippen molar-refractivity contribution in [1.29, 1.82) is 0 Å². The summed E-state index contributed by atoms with van der Waals surface area (Å²) in [5, 5.41) is 0. The van der Waals surface area contributed by atoms with E-state index in [1.165, 1.54) is 32.5 Å². The molecule has 0 saturated carbocycles. The fraction of sp³-hybridized carbons (Fsp3) is 0.409. The van der Waals surface area contributed by atoms with Gasteiger partial charge in [0.25, 0.3) is 0 Å². The second kappa shape index (κ2) is 10.4. The molecule has 2 aromatic rings. The normalized spacial score (nSPS) is 22.5. The summed E-state index contributed by atoms with van der Waals surface area (Å²) in [6, 6.07) is 7.37. The molecule has 32 heavy (non-hydrogen) atoms. The Labute approximate surface area is 189 Å². The molecule has 0 N–H and O–H groups in total. The van der Waals surface area contributed by atoms with E-state index in [2.05, 4.69) is 9.97 Å². The third-order valence-corrected chi connectivity index (χ3v) is 5.71. The maximum Gasteiger partial charge on any atom is 0.303 e. The number of rotatable bonds is 6. The van der Waals surface area contributed by atoms with Gasteiger partial charge in [0, 0.05) is 44.0 Å². The van der Waals surface area contributed by atoms with E-state index in [1.54, 1.807) is 24.5 Å². The fourth-order valence-corrected chi connectivity index (χ4v) is 4.40. The van der Waals surface area contributed by atoms with Crippen LogP contribution in [0.25, 0.3) is 11.3 Å². The number of hydrogen-bond acceptors (Lipinski definition) is 10. The molecule has 9 nitrogen and oxygen atoms in total. The van der Waals surface area contributed by atoms with Crippen LogP contribution in [0, 0.1) is 6.92 Å². The van der Waals surface area contributed by atoms with Crippen molar-refractivity contribution in [3.05, 3.63) is 42.4 Å². The molecular weight excluding hydrogens is 436 g/mol. The van der Waals surface area contributed by atoms with Gasteiger partial charge in [0.2, 0.25) is 0 Å². The van der Waals surface area contributed by atoms with Crippen LogP contribution in [0.2, 0.25) is 0 Å². The summed E-state index contributed by atoms with van der Waals surface area (Å²) in [7, 11) is 0. The van der Waals surface area contributed by atoms with Gasteiger partial charge in [-0.15, -0.1) is 11.8 Å². The summed E-state index contributed by atoms with van der Waals surface area (Å²) in [5.41, 5.74) is 1.80. The smallest absolute Gasteiger partial charge is 0.303 e. The molecule has 0 radical (unpaired) electrons. The predicted molar refractivity (Wildman–Crippen MR) is 116 cm³/mol. The van der Waals surface area contributed by atoms with Gasteiger partial charge < -0.3 is 18.9 Å². The van der Waals surface area contributed by atoms with Crippen LogP contribution in [0.3, 0.4) is 0 Å². The summed E-state index contributed by atoms with van der Waals surface area (Å²) in [6.45, 7) is 5.64. The van der Waals surface area contributed by atoms with Crippen LogP contribution in [0.4, 0.5) is 0 Å². The number of carbonyl (C=O) groups is 3. The minimum atomic E-state index is -1.00. The van der Waals surface area contributed by atoms with Crippen molar-refractivity contribution in [3.8, 4) is 17.0 Å². The summed E-state index contributed by atoms with van der Waals surface area (Å²) >= 11 is 1.29. The maximum atomic E-state index is 11.7. The standard InChI is InChI=1S/C22H24N2O7S/c1-12-5-6-16(9-23-12)18-8-7-17(10-24-18)31-22-21(30-15(4)27)20(29-14(3)26)19(11-32-22)28-13(2)25/h5-10,19-22H,11H2,1-4H3/t19-,20+,21-,22-/m1/s1. The van der Waals surface area contributed by atoms with E-state index in [0.29, 0.717) is 11.5 Å². The van der Waals surface area contributed by atoms with Gasteiger partial charge in [0.15, 0.2) is 23.7 Å². The number of hydrogen-bond donors (Lipinski definition) is 0. The molecule has 0 bridgehead atoms. The number of esters is 3. The molecule has 1 saturated heterocycles. The van der Waals surface area contributed by atoms with Crippen LogP contribution in [0.5, 0.6) is 5.75 Å². The molecule has 170 valence electrons. The van der Waals surface area contributed by atoms with Crippen LogP contribution >= 0.6 is 11.8 Å². The van der Waals surface area contributed by atoms with Crippen molar-refractivity contribution in [3.63, 3.8) is 0 Å². The van der Waals surface area contributed by atoms with Gasteiger partial charge >= 0.3 is 17.9 Å². The molecule has 1 aliphatic rings. The minimum absolute atomic E-state index is 0.292. The van der Waals surface area contributed by atoms with E-state index in [1.807, 2.05) is 19.1 Å². The quantitative estimate of drug-likeness (QED) is 0.471. The van der Waals surface area contributed by atoms with Gasteiger partial charge in [-0.1, -0.05) is 0 Å². The fourth-order valence-electron chi connectivity index (χ4n) is 3.18. The van der Waals surface area contributed by atoms with Gasteiger partial charge in [-0.05, 0) is 31.2 Å². The average Bonchev–Trinajstić information content (AvgIpc) is 2.72. The molecule has 1 aliphatic heterocycles. The van der Waals surface area contributed by atoms with Crippen molar-refractivity contribution in [1.82, 2.24) is 9.97 Å². The lowest BCUT2D eigenvalue weighted by Crippen LogP contribution is -2.55. The number of aryl methyl sites for hydroxylation is 1. The Balaban J connectivity index is 1.80. The predicted octanol–water partition coefficient (Wildman–Crippen LogP) is 2.70. The summed E-state index contributed by atoms with van der Waals surface area (Å²) in [5.74, 6) is -0.964. The molecule has 4 atom stereocenters. The van der Waals surface area contributed by atoms with Crippen molar-refractivity contribution in [2.24, 2.45) is 0 Å². The Morgan fingerprint density at radius 2 is 1.56 bits per heavy atom. The van der Waals surface area contributed by atoms with Crippen LogP contribution < -0.4 is 4.74 Å². The van der Waals surface area contributed by atoms with Crippen LogP contribution in [-0.2, 0) is 28.6 Å². The van der Waals surface area contributed by atoms with Gasteiger partial charge in [0.05, 0.1) is 11.9 Å². The van der Waals surface area contributed by atoms with Gasteiger partial charge in [-0.25, -0.2) is 0 Å². The number of pyridine rings is 2. The molecule has 2 aromatic heterocycles. The first kappa shape index (κ1) is 23.5. The lowest BCUT2D eigenvalue weighted by Gasteiger charge is -2.39. The monoisotopic (exact) mass is 460 g/mol. The summed E-state index contributed by atoms with van der Waals surface area (Å²) < 4.78 is 22.1. The largest absolute Gasteiger partial charge is 0.474 e. The molecule has 0 amide bonds. The molecule has 0 unspecified atom stereocenters. The van der Waals surface area contributed by atoms with Crippen LogP contribution in [0.1, 0.15) is 26.5 Å². The first-order valence-corrected chi connectivity index (χ1v) is 11.0. The summed E-state index contributed by atoms with van der Waals surface area (Å²) in [4.78, 5) is 43.6. The highest BCUT2D eigenvalue weighted by atomic mass is 32.2. The second-order valence-electron chi connectivity index (χ2n) is 7.18. The zero-order valence-corrected chi connectivity index (χ0v) is 19.0. The highest BCUT2D eigenvalue weighted by Crippen LogP contribution is 2.34. The summed E-state index contributed by atoms with van der Waals surface area (Å²) in [6.07, 6.45) is 0.530. The number of ether oxygens (including phenoxy) is 4. The maximum absolute atomic E-state index is 11.7. The van der Waals surface area contributed by atoms with Crippen LogP contribution in [-0.4, -0.2) is 57.4 Å². The third-order valence-electron chi connectivity index (χ3n) is 4.50. The first-order chi connectivity index (χ1) is 15.2. The van der Waals surface area contributed by atoms with E-state index < -0.39 is 41.7 Å². The number of thioether (sulfide) groups is 1. The van der Waals surface area contributed by atoms with Crippen molar-refractivity contribution in [2.75, 3.05) is 5.75 Å². The molecule has 0 spiro atoms. The van der Waals surface area contributed by atoms with Crippen molar-refractivity contribution < 1.29 is 33.3 Å². The zero-order chi connectivity index (χ0) is 23.3. The lowest BCUT2D eigenvalue weighted by atomic mass is 10.1. The Morgan fingerprint density at radius 3 is 2.12 bits per heavy atom. The SMILES string of the molecule is CC(=O)O[C@@H]1[C@@H](OC(C)=O)[C@H](OC(C)=O)CS[C@H]1Oc1ccc(-c2ccc(C)nc2)nc1. The minimum Gasteiger partial charge on any atom is -0.474 e. The number of carbonyl (C=O) groups excluding carboxylic acids is 3. The highest BCUT2D eigenvalue weighted by Gasteiger charge is 2.47. The molecule has 0 aromatic carbocycles. The lowest BCUT2D eigenvalue weighted by molar-refractivity contribution is -0.186. The molecule has 1 fully saturated rings. The highest BCUT2D eigenvalue weighted by molar-refractivity contribution is 7.99. The molecule has 10 heteroatoms. The van der Waals surface area contributed by atoms with Crippen molar-refractivity contribution in [2.45, 2.75) is 51.4 Å². The Morgan fingerprint density at radius 1 is 0.875 bits per heavy atom. The van der Waals surface area contributed by atoms with Gasteiger partial charge in [0.1, 0.15) is 5.75 Å². The Hall–Kier alpha value is -3.14. The van der Waals surface area contributed by atoms with Crippen molar-refractivity contribution >= 4 is 29.7 Å². The number of aromatic nitrogens is 2. The molecular formula is C22H24N2O7S. The first-order valence-electron chi connectivity index (χ1n) is 9.92. The van der Waals surface area contributed by atoms with E-state index in [9.17, 15) is 14.4 Å². The van der Waals surface area contributed by atoms with E-state index in [4.69, 9.17) is 18.9 Å². The van der Waals surface area contributed by atoms with E-state index in [0.717, 1.165) is 17.0 Å². The van der Waals surface area contributed by atoms with Crippen LogP contribution in [0.15, 0.2) is 36.7 Å². The molecule has 0 aliphatic carbocycles. The molecule has 3 heterocycles. The molecule has 3 rings (SSSR count). The zero-order valence-electron chi connectivity index (χ0n) is 18.1. The van der Waals surface area contributed by atoms with E-state index >= 15 is 0 Å². The second-order valence-corrected chi connectivity index (χ2v) is 8.31.